The number of piperidine rings is 1. The Morgan fingerprint density at radius 1 is 1.00 bits per heavy atom. The van der Waals surface area contributed by atoms with Gasteiger partial charge in [0.2, 0.25) is 21.8 Å². The van der Waals surface area contributed by atoms with Crippen LogP contribution in [0.25, 0.3) is 0 Å². The number of rotatable bonds is 7. The summed E-state index contributed by atoms with van der Waals surface area (Å²) >= 11 is 0. The molecule has 2 amide bonds. The summed E-state index contributed by atoms with van der Waals surface area (Å²) in [6.07, 6.45) is -0.559. The molecule has 2 N–H and O–H groups in total. The van der Waals surface area contributed by atoms with Gasteiger partial charge in [-0.2, -0.15) is 13.2 Å². The second-order valence-corrected chi connectivity index (χ2v) is 9.76. The number of benzene rings is 1. The van der Waals surface area contributed by atoms with Gasteiger partial charge in [0.05, 0.1) is 0 Å². The second-order valence-electron chi connectivity index (χ2n) is 8.03. The maximum absolute atomic E-state index is 12.5. The van der Waals surface area contributed by atoms with Crippen molar-refractivity contribution in [2.24, 2.45) is 0 Å². The number of carbonyl (C=O) groups is 2. The first-order chi connectivity index (χ1) is 15.0. The van der Waals surface area contributed by atoms with E-state index in [4.69, 9.17) is 0 Å². The molecule has 1 unspecified atom stereocenters. The SMILES string of the molecule is O=C(NCC(F)(F)F)C1CCCN1C(=O)CS(=O)(=O)Nc1ccc(N2CCCCC2)cc1. The predicted molar refractivity (Wildman–Crippen MR) is 114 cm³/mol. The molecule has 1 aromatic rings. The van der Waals surface area contributed by atoms with Gasteiger partial charge in [-0.3, -0.25) is 14.3 Å². The Morgan fingerprint density at radius 2 is 1.66 bits per heavy atom. The number of nitrogens with zero attached hydrogens (tertiary/aromatic N) is 2. The molecule has 8 nitrogen and oxygen atoms in total. The summed E-state index contributed by atoms with van der Waals surface area (Å²) in [6, 6.07) is 5.76. The van der Waals surface area contributed by atoms with E-state index in [0.29, 0.717) is 12.1 Å². The summed E-state index contributed by atoms with van der Waals surface area (Å²) in [5.41, 5.74) is 1.30. The molecule has 32 heavy (non-hydrogen) atoms. The highest BCUT2D eigenvalue weighted by Crippen LogP contribution is 2.23. The average Bonchev–Trinajstić information content (AvgIpc) is 3.22. The van der Waals surface area contributed by atoms with Crippen LogP contribution in [0.5, 0.6) is 0 Å². The third-order valence-corrected chi connectivity index (χ3v) is 6.69. The van der Waals surface area contributed by atoms with Crippen LogP contribution < -0.4 is 14.9 Å². The lowest BCUT2D eigenvalue weighted by molar-refractivity contribution is -0.144. The number of alkyl halides is 3. The van der Waals surface area contributed by atoms with E-state index in [9.17, 15) is 31.2 Å². The Bertz CT molecular complexity index is 916. The number of carbonyl (C=O) groups excluding carboxylic acids is 2. The number of amides is 2. The van der Waals surface area contributed by atoms with Crippen molar-refractivity contribution in [3.8, 4) is 0 Å². The van der Waals surface area contributed by atoms with Crippen LogP contribution >= 0.6 is 0 Å². The van der Waals surface area contributed by atoms with Crippen LogP contribution in [0.1, 0.15) is 32.1 Å². The molecule has 2 fully saturated rings. The zero-order chi connectivity index (χ0) is 23.4. The molecule has 0 bridgehead atoms. The molecule has 1 aromatic carbocycles. The quantitative estimate of drug-likeness (QED) is 0.628. The lowest BCUT2D eigenvalue weighted by Crippen LogP contribution is -2.49. The first-order valence-corrected chi connectivity index (χ1v) is 12.2. The van der Waals surface area contributed by atoms with Gasteiger partial charge in [0, 0.05) is 31.0 Å². The number of halogens is 3. The van der Waals surface area contributed by atoms with Gasteiger partial charge in [-0.15, -0.1) is 0 Å². The summed E-state index contributed by atoms with van der Waals surface area (Å²) in [5, 5.41) is 1.76. The van der Waals surface area contributed by atoms with E-state index in [2.05, 4.69) is 9.62 Å². The smallest absolute Gasteiger partial charge is 0.372 e. The molecule has 2 saturated heterocycles. The number of hydrogen-bond acceptors (Lipinski definition) is 5. The zero-order valence-electron chi connectivity index (χ0n) is 17.5. The Morgan fingerprint density at radius 3 is 2.28 bits per heavy atom. The van der Waals surface area contributed by atoms with Crippen LogP contribution in [-0.2, 0) is 19.6 Å². The molecule has 0 saturated carbocycles. The summed E-state index contributed by atoms with van der Waals surface area (Å²) in [6.45, 7) is 0.515. The lowest BCUT2D eigenvalue weighted by Gasteiger charge is -2.28. The van der Waals surface area contributed by atoms with E-state index >= 15 is 0 Å². The first-order valence-electron chi connectivity index (χ1n) is 10.5. The fourth-order valence-electron chi connectivity index (χ4n) is 4.00. The van der Waals surface area contributed by atoms with Gasteiger partial charge in [-0.1, -0.05) is 0 Å². The van der Waals surface area contributed by atoms with E-state index in [1.54, 1.807) is 17.4 Å². The molecule has 2 heterocycles. The molecule has 2 aliphatic rings. The maximum Gasteiger partial charge on any atom is 0.405 e. The standard InChI is InChI=1S/C20H27F3N4O4S/c21-20(22,23)14-24-19(29)17-5-4-12-27(17)18(28)13-32(30,31)25-15-6-8-16(9-7-15)26-10-2-1-3-11-26/h6-9,17,25H,1-5,10-14H2,(H,24,29). The van der Waals surface area contributed by atoms with Crippen molar-refractivity contribution in [3.63, 3.8) is 0 Å². The summed E-state index contributed by atoms with van der Waals surface area (Å²) in [5.74, 6) is -2.66. The van der Waals surface area contributed by atoms with E-state index in [1.807, 2.05) is 12.1 Å². The van der Waals surface area contributed by atoms with E-state index in [0.717, 1.165) is 36.5 Å². The fraction of sp³-hybridized carbons (Fsp3) is 0.600. The molecule has 3 rings (SSSR count). The second kappa shape index (κ2) is 9.97. The summed E-state index contributed by atoms with van der Waals surface area (Å²) in [4.78, 5) is 27.8. The van der Waals surface area contributed by atoms with E-state index in [1.165, 1.54) is 6.42 Å². The van der Waals surface area contributed by atoms with Crippen LogP contribution in [-0.4, -0.2) is 69.3 Å². The largest absolute Gasteiger partial charge is 0.405 e. The maximum atomic E-state index is 12.5. The minimum atomic E-state index is -4.57. The molecule has 0 radical (unpaired) electrons. The van der Waals surface area contributed by atoms with Gasteiger partial charge in [0.15, 0.2) is 0 Å². The third kappa shape index (κ3) is 6.75. The van der Waals surface area contributed by atoms with Crippen molar-refractivity contribution in [3.05, 3.63) is 24.3 Å². The Kier molecular flexibility index (Phi) is 7.52. The van der Waals surface area contributed by atoms with Crippen LogP contribution in [0.15, 0.2) is 24.3 Å². The monoisotopic (exact) mass is 476 g/mol. The van der Waals surface area contributed by atoms with Crippen molar-refractivity contribution < 1.29 is 31.2 Å². The number of nitrogens with one attached hydrogen (secondary N) is 2. The highest BCUT2D eigenvalue weighted by atomic mass is 32.2. The molecular weight excluding hydrogens is 449 g/mol. The van der Waals surface area contributed by atoms with Crippen LogP contribution in [0.4, 0.5) is 24.5 Å². The summed E-state index contributed by atoms with van der Waals surface area (Å²) in [7, 11) is -4.06. The van der Waals surface area contributed by atoms with Gasteiger partial charge in [-0.05, 0) is 56.4 Å². The molecule has 2 aliphatic heterocycles. The molecule has 178 valence electrons. The van der Waals surface area contributed by atoms with E-state index < -0.39 is 46.4 Å². The highest BCUT2D eigenvalue weighted by molar-refractivity contribution is 7.93. The van der Waals surface area contributed by atoms with Crippen molar-refractivity contribution >= 4 is 33.2 Å². The van der Waals surface area contributed by atoms with Crippen molar-refractivity contribution in [2.45, 2.75) is 44.3 Å². The number of sulfonamides is 1. The minimum absolute atomic E-state index is 0.114. The number of anilines is 2. The minimum Gasteiger partial charge on any atom is -0.372 e. The van der Waals surface area contributed by atoms with Crippen LogP contribution in [0.2, 0.25) is 0 Å². The molecule has 1 atom stereocenters. The Labute approximate surface area is 185 Å². The van der Waals surface area contributed by atoms with Crippen LogP contribution in [0, 0.1) is 0 Å². The van der Waals surface area contributed by atoms with Gasteiger partial charge in [-0.25, -0.2) is 8.42 Å². The number of likely N-dealkylation sites (tertiary alicyclic amines) is 1. The molecule has 0 aromatic heterocycles. The molecule has 0 aliphatic carbocycles. The highest BCUT2D eigenvalue weighted by Gasteiger charge is 2.37. The lowest BCUT2D eigenvalue weighted by atomic mass is 10.1. The first kappa shape index (κ1) is 24.1. The zero-order valence-corrected chi connectivity index (χ0v) is 18.3. The number of hydrogen-bond donors (Lipinski definition) is 2. The Hall–Kier alpha value is -2.50. The molecule has 0 spiro atoms. The van der Waals surface area contributed by atoms with Gasteiger partial charge >= 0.3 is 6.18 Å². The van der Waals surface area contributed by atoms with E-state index in [-0.39, 0.29) is 13.0 Å². The molecular formula is C20H27F3N4O4S. The summed E-state index contributed by atoms with van der Waals surface area (Å²) < 4.78 is 64.3. The van der Waals surface area contributed by atoms with Gasteiger partial charge in [0.25, 0.3) is 0 Å². The van der Waals surface area contributed by atoms with Crippen molar-refractivity contribution in [2.75, 3.05) is 41.6 Å². The predicted octanol–water partition coefficient (Wildman–Crippen LogP) is 2.09. The van der Waals surface area contributed by atoms with Crippen molar-refractivity contribution in [1.82, 2.24) is 10.2 Å². The topological polar surface area (TPSA) is 98.8 Å². The third-order valence-electron chi connectivity index (χ3n) is 5.51. The Balaban J connectivity index is 1.56. The van der Waals surface area contributed by atoms with Crippen LogP contribution in [0.3, 0.4) is 0 Å². The molecule has 12 heteroatoms. The normalized spacial score (nSPS) is 19.7. The van der Waals surface area contributed by atoms with Crippen molar-refractivity contribution in [1.29, 1.82) is 0 Å². The fourth-order valence-corrected chi connectivity index (χ4v) is 5.05. The van der Waals surface area contributed by atoms with Gasteiger partial charge in [0.1, 0.15) is 18.3 Å². The van der Waals surface area contributed by atoms with Gasteiger partial charge < -0.3 is 15.1 Å². The average molecular weight is 477 g/mol.